The van der Waals surface area contributed by atoms with E-state index in [1.54, 1.807) is 12.1 Å². The van der Waals surface area contributed by atoms with E-state index in [0.717, 1.165) is 62.8 Å². The fraction of sp³-hybridized carbons (Fsp3) is 0.556. The first kappa shape index (κ1) is 16.8. The summed E-state index contributed by atoms with van der Waals surface area (Å²) in [5, 5.41) is 13.5. The van der Waals surface area contributed by atoms with Gasteiger partial charge >= 0.3 is 0 Å². The van der Waals surface area contributed by atoms with E-state index in [2.05, 4.69) is 33.8 Å². The highest BCUT2D eigenvalue weighted by molar-refractivity contribution is 5.49. The highest BCUT2D eigenvalue weighted by Crippen LogP contribution is 2.24. The van der Waals surface area contributed by atoms with E-state index in [9.17, 15) is 5.11 Å². The van der Waals surface area contributed by atoms with Crippen LogP contribution in [0.4, 0.5) is 5.69 Å². The van der Waals surface area contributed by atoms with Crippen LogP contribution < -0.4 is 4.90 Å². The Labute approximate surface area is 143 Å². The Bertz CT molecular complexity index is 633. The zero-order valence-electron chi connectivity index (χ0n) is 14.5. The fourth-order valence-corrected chi connectivity index (χ4v) is 3.06. The topological polar surface area (TPSA) is 65.6 Å². The Morgan fingerprint density at radius 2 is 1.88 bits per heavy atom. The second-order valence-corrected chi connectivity index (χ2v) is 6.37. The molecule has 24 heavy (non-hydrogen) atoms. The third kappa shape index (κ3) is 3.87. The molecule has 0 radical (unpaired) electrons. The van der Waals surface area contributed by atoms with Gasteiger partial charge in [-0.3, -0.25) is 4.90 Å². The van der Waals surface area contributed by atoms with Crippen molar-refractivity contribution >= 4 is 5.69 Å². The molecule has 0 spiro atoms. The number of unbranched alkanes of at least 4 members (excludes halogenated alkanes) is 1. The summed E-state index contributed by atoms with van der Waals surface area (Å²) < 4.78 is 5.46. The number of benzene rings is 1. The van der Waals surface area contributed by atoms with Crippen LogP contribution in [-0.4, -0.2) is 46.3 Å². The van der Waals surface area contributed by atoms with Crippen LogP contribution in [0.2, 0.25) is 0 Å². The zero-order chi connectivity index (χ0) is 16.9. The lowest BCUT2D eigenvalue weighted by Gasteiger charge is -2.38. The average molecular weight is 330 g/mol. The number of phenols is 1. The molecule has 1 aliphatic heterocycles. The summed E-state index contributed by atoms with van der Waals surface area (Å²) in [6.45, 7) is 8.10. The lowest BCUT2D eigenvalue weighted by molar-refractivity contribution is 0.164. The molecule has 1 aliphatic rings. The summed E-state index contributed by atoms with van der Waals surface area (Å²) in [5.74, 6) is 1.85. The van der Waals surface area contributed by atoms with Crippen molar-refractivity contribution in [3.05, 3.63) is 36.0 Å². The molecule has 1 aromatic heterocycles. The molecule has 0 amide bonds. The third-order valence-corrected chi connectivity index (χ3v) is 4.67. The average Bonchev–Trinajstić information content (AvgIpc) is 3.09. The van der Waals surface area contributed by atoms with Gasteiger partial charge in [0.15, 0.2) is 5.82 Å². The first-order chi connectivity index (χ1) is 11.7. The van der Waals surface area contributed by atoms with Gasteiger partial charge in [-0.2, -0.15) is 4.98 Å². The molecule has 0 aliphatic carbocycles. The number of nitrogens with zero attached hydrogens (tertiary/aromatic N) is 4. The Kier molecular flexibility index (Phi) is 5.35. The van der Waals surface area contributed by atoms with E-state index in [0.29, 0.717) is 5.75 Å². The maximum atomic E-state index is 9.40. The Morgan fingerprint density at radius 3 is 2.54 bits per heavy atom. The number of rotatable bonds is 6. The number of piperazine rings is 1. The molecule has 1 aromatic carbocycles. The van der Waals surface area contributed by atoms with E-state index in [-0.39, 0.29) is 6.04 Å². The monoisotopic (exact) mass is 330 g/mol. The molecule has 2 heterocycles. The van der Waals surface area contributed by atoms with Crippen LogP contribution in [0.5, 0.6) is 5.75 Å². The molecular formula is C18H26N4O2. The zero-order valence-corrected chi connectivity index (χ0v) is 14.5. The number of hydrogen-bond acceptors (Lipinski definition) is 6. The first-order valence-corrected chi connectivity index (χ1v) is 8.78. The number of aryl methyl sites for hydroxylation is 1. The molecule has 2 aromatic rings. The fourth-order valence-electron chi connectivity index (χ4n) is 3.06. The molecule has 1 fully saturated rings. The third-order valence-electron chi connectivity index (χ3n) is 4.67. The summed E-state index contributed by atoms with van der Waals surface area (Å²) in [7, 11) is 0. The van der Waals surface area contributed by atoms with Crippen molar-refractivity contribution < 1.29 is 9.63 Å². The van der Waals surface area contributed by atoms with Crippen LogP contribution in [0.25, 0.3) is 0 Å². The standard InChI is InChI=1S/C18H26N4O2/c1-3-4-5-17-19-18(24-20-17)14(2)21-10-12-22(13-11-21)15-6-8-16(23)9-7-15/h6-9,14,23H,3-5,10-13H2,1-2H3. The Balaban J connectivity index is 1.55. The molecule has 0 saturated carbocycles. The summed E-state index contributed by atoms with van der Waals surface area (Å²) in [6.07, 6.45) is 3.12. The van der Waals surface area contributed by atoms with Crippen LogP contribution in [0.1, 0.15) is 44.4 Å². The number of aromatic hydroxyl groups is 1. The van der Waals surface area contributed by atoms with Gasteiger partial charge in [0, 0.05) is 38.3 Å². The van der Waals surface area contributed by atoms with Gasteiger partial charge < -0.3 is 14.5 Å². The highest BCUT2D eigenvalue weighted by atomic mass is 16.5. The largest absolute Gasteiger partial charge is 0.508 e. The van der Waals surface area contributed by atoms with Gasteiger partial charge in [-0.05, 0) is 37.6 Å². The molecule has 1 atom stereocenters. The van der Waals surface area contributed by atoms with Gasteiger partial charge in [0.1, 0.15) is 5.75 Å². The predicted octanol–water partition coefficient (Wildman–Crippen LogP) is 3.00. The van der Waals surface area contributed by atoms with Crippen molar-refractivity contribution in [3.63, 3.8) is 0 Å². The summed E-state index contributed by atoms with van der Waals surface area (Å²) in [4.78, 5) is 9.27. The number of anilines is 1. The maximum Gasteiger partial charge on any atom is 0.243 e. The quantitative estimate of drug-likeness (QED) is 0.878. The SMILES string of the molecule is CCCCc1noc(C(C)N2CCN(c3ccc(O)cc3)CC2)n1. The summed E-state index contributed by atoms with van der Waals surface area (Å²) >= 11 is 0. The molecule has 6 nitrogen and oxygen atoms in total. The van der Waals surface area contributed by atoms with E-state index in [1.807, 2.05) is 12.1 Å². The highest BCUT2D eigenvalue weighted by Gasteiger charge is 2.25. The van der Waals surface area contributed by atoms with E-state index < -0.39 is 0 Å². The second kappa shape index (κ2) is 7.66. The maximum absolute atomic E-state index is 9.40. The van der Waals surface area contributed by atoms with Gasteiger partial charge in [0.25, 0.3) is 0 Å². The van der Waals surface area contributed by atoms with Crippen molar-refractivity contribution in [2.75, 3.05) is 31.1 Å². The molecular weight excluding hydrogens is 304 g/mol. The molecule has 3 rings (SSSR count). The van der Waals surface area contributed by atoms with Gasteiger partial charge in [-0.15, -0.1) is 0 Å². The minimum atomic E-state index is 0.148. The van der Waals surface area contributed by atoms with Crippen molar-refractivity contribution in [2.24, 2.45) is 0 Å². The van der Waals surface area contributed by atoms with Crippen LogP contribution in [0, 0.1) is 0 Å². The van der Waals surface area contributed by atoms with Crippen LogP contribution in [0.15, 0.2) is 28.8 Å². The predicted molar refractivity (Wildman–Crippen MR) is 93.2 cm³/mol. The smallest absolute Gasteiger partial charge is 0.243 e. The minimum Gasteiger partial charge on any atom is -0.508 e. The molecule has 6 heteroatoms. The second-order valence-electron chi connectivity index (χ2n) is 6.37. The summed E-state index contributed by atoms with van der Waals surface area (Å²) in [5.41, 5.74) is 1.15. The van der Waals surface area contributed by atoms with Gasteiger partial charge in [0.2, 0.25) is 5.89 Å². The molecule has 1 N–H and O–H groups in total. The van der Waals surface area contributed by atoms with Crippen molar-refractivity contribution in [1.29, 1.82) is 0 Å². The summed E-state index contributed by atoms with van der Waals surface area (Å²) in [6, 6.07) is 7.55. The number of aromatic nitrogens is 2. The Morgan fingerprint density at radius 1 is 1.17 bits per heavy atom. The van der Waals surface area contributed by atoms with Crippen LogP contribution >= 0.6 is 0 Å². The minimum absolute atomic E-state index is 0.148. The lowest BCUT2D eigenvalue weighted by atomic mass is 10.2. The molecule has 1 saturated heterocycles. The van der Waals surface area contributed by atoms with Gasteiger partial charge in [-0.1, -0.05) is 18.5 Å². The van der Waals surface area contributed by atoms with E-state index >= 15 is 0 Å². The van der Waals surface area contributed by atoms with Gasteiger partial charge in [-0.25, -0.2) is 0 Å². The molecule has 0 bridgehead atoms. The van der Waals surface area contributed by atoms with Crippen molar-refractivity contribution in [2.45, 2.75) is 39.2 Å². The van der Waals surface area contributed by atoms with E-state index in [1.165, 1.54) is 0 Å². The van der Waals surface area contributed by atoms with Crippen molar-refractivity contribution in [1.82, 2.24) is 15.0 Å². The van der Waals surface area contributed by atoms with Crippen LogP contribution in [0.3, 0.4) is 0 Å². The number of hydrogen-bond donors (Lipinski definition) is 1. The lowest BCUT2D eigenvalue weighted by Crippen LogP contribution is -2.47. The molecule has 130 valence electrons. The van der Waals surface area contributed by atoms with Crippen molar-refractivity contribution in [3.8, 4) is 5.75 Å². The normalized spacial score (nSPS) is 17.2. The van der Waals surface area contributed by atoms with E-state index in [4.69, 9.17) is 4.52 Å². The Hall–Kier alpha value is -2.08. The van der Waals surface area contributed by atoms with Crippen LogP contribution in [-0.2, 0) is 6.42 Å². The molecule has 1 unspecified atom stereocenters. The first-order valence-electron chi connectivity index (χ1n) is 8.78. The van der Waals surface area contributed by atoms with Gasteiger partial charge in [0.05, 0.1) is 6.04 Å². The number of phenolic OH excluding ortho intramolecular Hbond substituents is 1.